The number of allylic oxidation sites excluding steroid dienone is 4. The maximum atomic E-state index is 2.38. The van der Waals surface area contributed by atoms with Crippen LogP contribution in [-0.2, 0) is 0 Å². The molecule has 0 saturated carbocycles. The average Bonchev–Trinajstić information content (AvgIpc) is 2.85. The Labute approximate surface area is 114 Å². The number of aryl methyl sites for hydroxylation is 1. The normalized spacial score (nSPS) is 15.0. The third kappa shape index (κ3) is 2.84. The Hall–Kier alpha value is -1.08. The van der Waals surface area contributed by atoms with Gasteiger partial charge < -0.3 is 0 Å². The maximum Gasteiger partial charge on any atom is 0.0820 e. The van der Waals surface area contributed by atoms with Crippen molar-refractivity contribution in [3.63, 3.8) is 0 Å². The molecule has 0 nitrogen and oxygen atoms in total. The third-order valence-corrected chi connectivity index (χ3v) is 5.95. The number of hydrogen-bond acceptors (Lipinski definition) is 0. The summed E-state index contributed by atoms with van der Waals surface area (Å²) in [7, 11) is 0.909. The molecule has 0 fully saturated rings. The Morgan fingerprint density at radius 3 is 2.67 bits per heavy atom. The molecular weight excluding hydrogens is 232 g/mol. The zero-order valence-electron chi connectivity index (χ0n) is 11.9. The lowest BCUT2D eigenvalue weighted by Gasteiger charge is -2.26. The molecule has 0 saturated heterocycles. The summed E-state index contributed by atoms with van der Waals surface area (Å²) in [5.74, 6) is 0. The number of rotatable bonds is 4. The van der Waals surface area contributed by atoms with E-state index >= 15 is 0 Å². The van der Waals surface area contributed by atoms with Gasteiger partial charge >= 0.3 is 0 Å². The van der Waals surface area contributed by atoms with Gasteiger partial charge in [-0.1, -0.05) is 61.0 Å². The first kappa shape index (κ1) is 13.4. The summed E-state index contributed by atoms with van der Waals surface area (Å²) in [6, 6.07) is 7.94. The van der Waals surface area contributed by atoms with E-state index in [0.29, 0.717) is 5.41 Å². The zero-order valence-corrected chi connectivity index (χ0v) is 12.9. The van der Waals surface area contributed by atoms with Crippen LogP contribution in [0.2, 0.25) is 6.04 Å². The van der Waals surface area contributed by atoms with E-state index in [1.54, 1.807) is 5.57 Å². The van der Waals surface area contributed by atoms with E-state index in [9.17, 15) is 0 Å². The number of benzene rings is 1. The van der Waals surface area contributed by atoms with E-state index in [4.69, 9.17) is 0 Å². The molecule has 0 aromatic heterocycles. The second-order valence-corrected chi connectivity index (χ2v) is 7.05. The van der Waals surface area contributed by atoms with Crippen molar-refractivity contribution < 1.29 is 0 Å². The van der Waals surface area contributed by atoms with Gasteiger partial charge in [0.2, 0.25) is 0 Å². The Morgan fingerprint density at radius 1 is 1.22 bits per heavy atom. The highest BCUT2D eigenvalue weighted by molar-refractivity contribution is 6.54. The second kappa shape index (κ2) is 5.27. The van der Waals surface area contributed by atoms with Gasteiger partial charge in [-0.2, -0.15) is 0 Å². The summed E-state index contributed by atoms with van der Waals surface area (Å²) in [6.45, 7) is 9.22. The zero-order chi connectivity index (χ0) is 13.2. The van der Waals surface area contributed by atoms with Crippen LogP contribution in [-0.4, -0.2) is 9.52 Å². The van der Waals surface area contributed by atoms with Crippen LogP contribution in [0.4, 0.5) is 0 Å². The summed E-state index contributed by atoms with van der Waals surface area (Å²) < 4.78 is 0. The van der Waals surface area contributed by atoms with Gasteiger partial charge in [0.25, 0.3) is 0 Å². The van der Waals surface area contributed by atoms with Crippen molar-refractivity contribution in [1.82, 2.24) is 0 Å². The SMILES string of the molecule is Cc1cccc([Si]CC(C)(C)C2=CC=CC2)c1C. The fourth-order valence-electron chi connectivity index (χ4n) is 2.32. The molecule has 0 amide bonds. The first-order chi connectivity index (χ1) is 8.50. The summed E-state index contributed by atoms with van der Waals surface area (Å²) in [4.78, 5) is 0. The van der Waals surface area contributed by atoms with E-state index in [2.05, 4.69) is 64.1 Å². The van der Waals surface area contributed by atoms with Crippen LogP contribution in [0.3, 0.4) is 0 Å². The lowest BCUT2D eigenvalue weighted by atomic mass is 9.85. The fraction of sp³-hybridized carbons (Fsp3) is 0.412. The molecule has 1 aromatic rings. The van der Waals surface area contributed by atoms with E-state index in [1.165, 1.54) is 22.4 Å². The standard InChI is InChI=1S/C17H22Si/c1-13-8-7-11-16(14(13)2)18-12-17(3,4)15-9-5-6-10-15/h5-9,11H,10,12H2,1-4H3. The molecule has 1 aliphatic carbocycles. The lowest BCUT2D eigenvalue weighted by Crippen LogP contribution is -2.25. The predicted octanol–water partition coefficient (Wildman–Crippen LogP) is 3.96. The molecule has 2 rings (SSSR count). The topological polar surface area (TPSA) is 0 Å². The summed E-state index contributed by atoms with van der Waals surface area (Å²) >= 11 is 0. The van der Waals surface area contributed by atoms with Crippen LogP contribution in [0.1, 0.15) is 31.4 Å². The van der Waals surface area contributed by atoms with E-state index in [0.717, 1.165) is 15.9 Å². The van der Waals surface area contributed by atoms with Gasteiger partial charge in [-0.3, -0.25) is 0 Å². The highest BCUT2D eigenvalue weighted by Gasteiger charge is 2.23. The minimum absolute atomic E-state index is 0.331. The van der Waals surface area contributed by atoms with E-state index in [1.807, 2.05) is 0 Å². The Morgan fingerprint density at radius 2 is 2.00 bits per heavy atom. The smallest absolute Gasteiger partial charge is 0.0804 e. The first-order valence-electron chi connectivity index (χ1n) is 6.67. The minimum atomic E-state index is 0.331. The molecule has 0 heterocycles. The molecule has 0 bridgehead atoms. The van der Waals surface area contributed by atoms with Crippen LogP contribution < -0.4 is 5.19 Å². The highest BCUT2D eigenvalue weighted by atomic mass is 28.2. The van der Waals surface area contributed by atoms with E-state index in [-0.39, 0.29) is 0 Å². The van der Waals surface area contributed by atoms with Crippen molar-refractivity contribution in [2.24, 2.45) is 5.41 Å². The average molecular weight is 254 g/mol. The Kier molecular flexibility index (Phi) is 3.91. The predicted molar refractivity (Wildman–Crippen MR) is 81.7 cm³/mol. The van der Waals surface area contributed by atoms with Crippen LogP contribution >= 0.6 is 0 Å². The Bertz CT molecular complexity index is 492. The van der Waals surface area contributed by atoms with Crippen molar-refractivity contribution in [3.05, 3.63) is 53.1 Å². The second-order valence-electron chi connectivity index (χ2n) is 5.81. The van der Waals surface area contributed by atoms with Crippen LogP contribution in [0.15, 0.2) is 42.0 Å². The van der Waals surface area contributed by atoms with Gasteiger partial charge in [0.05, 0.1) is 9.52 Å². The van der Waals surface area contributed by atoms with Crippen molar-refractivity contribution in [2.45, 2.75) is 40.2 Å². The molecular formula is C17H22Si. The van der Waals surface area contributed by atoms with Gasteiger partial charge in [-0.25, -0.2) is 0 Å². The largest absolute Gasteiger partial charge is 0.0820 e. The van der Waals surface area contributed by atoms with Gasteiger partial charge in [0.1, 0.15) is 0 Å². The summed E-state index contributed by atoms with van der Waals surface area (Å²) in [5, 5.41) is 1.54. The molecule has 0 spiro atoms. The fourth-order valence-corrected chi connectivity index (χ4v) is 3.86. The van der Waals surface area contributed by atoms with Gasteiger partial charge in [0, 0.05) is 0 Å². The molecule has 0 unspecified atom stereocenters. The van der Waals surface area contributed by atoms with Crippen LogP contribution in [0.25, 0.3) is 0 Å². The molecule has 2 radical (unpaired) electrons. The van der Waals surface area contributed by atoms with Crippen LogP contribution in [0.5, 0.6) is 0 Å². The Balaban J connectivity index is 2.05. The van der Waals surface area contributed by atoms with Gasteiger partial charge in [-0.05, 0) is 42.9 Å². The number of hydrogen-bond donors (Lipinski definition) is 0. The lowest BCUT2D eigenvalue weighted by molar-refractivity contribution is 0.495. The van der Waals surface area contributed by atoms with Gasteiger partial charge in [0.15, 0.2) is 0 Å². The van der Waals surface area contributed by atoms with Crippen molar-refractivity contribution in [1.29, 1.82) is 0 Å². The minimum Gasteiger partial charge on any atom is -0.0804 e. The van der Waals surface area contributed by atoms with Crippen molar-refractivity contribution in [3.8, 4) is 0 Å². The van der Waals surface area contributed by atoms with Gasteiger partial charge in [-0.15, -0.1) is 0 Å². The summed E-state index contributed by atoms with van der Waals surface area (Å²) in [5.41, 5.74) is 4.81. The molecule has 0 atom stereocenters. The quantitative estimate of drug-likeness (QED) is 0.713. The van der Waals surface area contributed by atoms with E-state index < -0.39 is 0 Å². The van der Waals surface area contributed by atoms with Crippen molar-refractivity contribution >= 4 is 14.7 Å². The first-order valence-corrected chi connectivity index (χ1v) is 7.88. The highest BCUT2D eigenvalue weighted by Crippen LogP contribution is 2.35. The molecule has 1 aromatic carbocycles. The molecule has 18 heavy (non-hydrogen) atoms. The third-order valence-electron chi connectivity index (χ3n) is 3.97. The molecule has 0 N–H and O–H groups in total. The molecule has 1 heteroatoms. The molecule has 1 aliphatic rings. The molecule has 94 valence electrons. The van der Waals surface area contributed by atoms with Crippen LogP contribution in [0, 0.1) is 19.3 Å². The summed E-state index contributed by atoms with van der Waals surface area (Å²) in [6.07, 6.45) is 7.90. The molecule has 0 aliphatic heterocycles. The monoisotopic (exact) mass is 254 g/mol. The van der Waals surface area contributed by atoms with Crippen molar-refractivity contribution in [2.75, 3.05) is 0 Å². The maximum absolute atomic E-state index is 2.38.